The van der Waals surface area contributed by atoms with Crippen molar-refractivity contribution in [1.82, 2.24) is 9.62 Å². The Morgan fingerprint density at radius 3 is 2.17 bits per heavy atom. The van der Waals surface area contributed by atoms with Crippen LogP contribution >= 0.6 is 0 Å². The van der Waals surface area contributed by atoms with Crippen LogP contribution in [0.3, 0.4) is 0 Å². The van der Waals surface area contributed by atoms with Gasteiger partial charge < -0.3 is 10.2 Å². The summed E-state index contributed by atoms with van der Waals surface area (Å²) >= 11 is 0. The van der Waals surface area contributed by atoms with Crippen LogP contribution in [0.5, 0.6) is 0 Å². The molecule has 0 atom stereocenters. The molecule has 1 saturated heterocycles. The van der Waals surface area contributed by atoms with Gasteiger partial charge in [-0.3, -0.25) is 0 Å². The molecule has 1 saturated carbocycles. The lowest BCUT2D eigenvalue weighted by molar-refractivity contribution is 0.214. The van der Waals surface area contributed by atoms with E-state index in [-0.39, 0.29) is 17.0 Å². The molecule has 0 radical (unpaired) electrons. The number of urea groups is 1. The maximum absolute atomic E-state index is 12.2. The lowest BCUT2D eigenvalue weighted by atomic mass is 10.2. The largest absolute Gasteiger partial charge is 0.325 e. The number of benzene rings is 1. The van der Waals surface area contributed by atoms with Crippen LogP contribution in [-0.4, -0.2) is 38.5 Å². The van der Waals surface area contributed by atoms with Gasteiger partial charge in [-0.1, -0.05) is 12.8 Å². The minimum Gasteiger partial charge on any atom is -0.325 e. The molecule has 1 aromatic carbocycles. The fraction of sp³-hybridized carbons (Fsp3) is 0.562. The summed E-state index contributed by atoms with van der Waals surface area (Å²) in [5.74, 6) is 0. The molecule has 0 spiro atoms. The molecular formula is C16H23N3O3S. The number of nitrogens with zero attached hydrogens (tertiary/aromatic N) is 1. The Labute approximate surface area is 137 Å². The Balaban J connectivity index is 1.61. The zero-order valence-electron chi connectivity index (χ0n) is 13.1. The lowest BCUT2D eigenvalue weighted by Gasteiger charge is -2.20. The second-order valence-corrected chi connectivity index (χ2v) is 7.97. The second-order valence-electron chi connectivity index (χ2n) is 6.25. The summed E-state index contributed by atoms with van der Waals surface area (Å²) in [6.07, 6.45) is 6.23. The quantitative estimate of drug-likeness (QED) is 0.886. The molecule has 7 heteroatoms. The first-order valence-corrected chi connectivity index (χ1v) is 9.71. The predicted molar refractivity (Wildman–Crippen MR) is 88.8 cm³/mol. The predicted octanol–water partition coefficient (Wildman–Crippen LogP) is 2.54. The van der Waals surface area contributed by atoms with Crippen LogP contribution in [-0.2, 0) is 10.0 Å². The van der Waals surface area contributed by atoms with Gasteiger partial charge in [0.1, 0.15) is 0 Å². The first-order valence-electron chi connectivity index (χ1n) is 8.23. The third-order valence-electron chi connectivity index (χ3n) is 4.21. The summed E-state index contributed by atoms with van der Waals surface area (Å²) in [6, 6.07) is 6.31. The van der Waals surface area contributed by atoms with Crippen LogP contribution in [0, 0.1) is 0 Å². The molecule has 2 amide bonds. The van der Waals surface area contributed by atoms with E-state index in [1.54, 1.807) is 12.1 Å². The SMILES string of the molecule is O=C(Nc1ccc(S(=O)(=O)NC2CC2)cc1)N1CCCCCC1. The highest BCUT2D eigenvalue weighted by Crippen LogP contribution is 2.23. The molecule has 3 rings (SSSR count). The Morgan fingerprint density at radius 2 is 1.61 bits per heavy atom. The molecule has 1 aliphatic carbocycles. The van der Waals surface area contributed by atoms with E-state index in [0.717, 1.165) is 38.8 Å². The molecule has 1 aliphatic heterocycles. The summed E-state index contributed by atoms with van der Waals surface area (Å²) in [4.78, 5) is 14.3. The van der Waals surface area contributed by atoms with Crippen LogP contribution in [0.1, 0.15) is 38.5 Å². The van der Waals surface area contributed by atoms with Crippen LogP contribution in [0.2, 0.25) is 0 Å². The van der Waals surface area contributed by atoms with Gasteiger partial charge in [-0.25, -0.2) is 17.9 Å². The number of hydrogen-bond donors (Lipinski definition) is 2. The maximum atomic E-state index is 12.2. The van der Waals surface area contributed by atoms with Crippen molar-refractivity contribution in [3.8, 4) is 0 Å². The van der Waals surface area contributed by atoms with Gasteiger partial charge in [0.15, 0.2) is 0 Å². The topological polar surface area (TPSA) is 78.5 Å². The highest BCUT2D eigenvalue weighted by Gasteiger charge is 2.27. The number of carbonyl (C=O) groups excluding carboxylic acids is 1. The standard InChI is InChI=1S/C16H23N3O3S/c20-16(19-11-3-1-2-4-12-19)17-13-7-9-15(10-8-13)23(21,22)18-14-5-6-14/h7-10,14,18H,1-6,11-12H2,(H,17,20). The van der Waals surface area contributed by atoms with E-state index in [4.69, 9.17) is 0 Å². The summed E-state index contributed by atoms with van der Waals surface area (Å²) in [7, 11) is -3.44. The summed E-state index contributed by atoms with van der Waals surface area (Å²) in [6.45, 7) is 1.56. The molecular weight excluding hydrogens is 314 g/mol. The van der Waals surface area contributed by atoms with Crippen molar-refractivity contribution in [3.05, 3.63) is 24.3 Å². The number of likely N-dealkylation sites (tertiary alicyclic amines) is 1. The smallest absolute Gasteiger partial charge is 0.321 e. The Hall–Kier alpha value is -1.60. The highest BCUT2D eigenvalue weighted by molar-refractivity contribution is 7.89. The van der Waals surface area contributed by atoms with E-state index in [9.17, 15) is 13.2 Å². The number of hydrogen-bond acceptors (Lipinski definition) is 3. The first-order chi connectivity index (χ1) is 11.0. The van der Waals surface area contributed by atoms with E-state index in [1.807, 2.05) is 4.90 Å². The summed E-state index contributed by atoms with van der Waals surface area (Å²) in [5.41, 5.74) is 0.615. The normalized spacial score (nSPS) is 19.2. The first kappa shape index (κ1) is 16.3. The van der Waals surface area contributed by atoms with Crippen molar-refractivity contribution in [2.75, 3.05) is 18.4 Å². The lowest BCUT2D eigenvalue weighted by Crippen LogP contribution is -2.35. The van der Waals surface area contributed by atoms with E-state index in [0.29, 0.717) is 5.69 Å². The van der Waals surface area contributed by atoms with Crippen LogP contribution in [0.25, 0.3) is 0 Å². The number of rotatable bonds is 4. The summed E-state index contributed by atoms with van der Waals surface area (Å²) < 4.78 is 26.8. The Kier molecular flexibility index (Phi) is 4.87. The number of nitrogens with one attached hydrogen (secondary N) is 2. The van der Waals surface area contributed by atoms with E-state index < -0.39 is 10.0 Å². The minimum absolute atomic E-state index is 0.0856. The van der Waals surface area contributed by atoms with E-state index in [1.165, 1.54) is 25.0 Å². The summed E-state index contributed by atoms with van der Waals surface area (Å²) in [5, 5.41) is 2.84. The zero-order chi connectivity index (χ0) is 16.3. The van der Waals surface area contributed by atoms with Gasteiger partial charge in [-0.05, 0) is 49.9 Å². The van der Waals surface area contributed by atoms with E-state index in [2.05, 4.69) is 10.0 Å². The average Bonchev–Trinajstić information content (AvgIpc) is 3.33. The van der Waals surface area contributed by atoms with Crippen molar-refractivity contribution in [1.29, 1.82) is 0 Å². The van der Waals surface area contributed by atoms with Crippen molar-refractivity contribution in [2.24, 2.45) is 0 Å². The Bertz CT molecular complexity index is 646. The molecule has 0 unspecified atom stereocenters. The molecule has 2 aliphatic rings. The molecule has 0 aromatic heterocycles. The van der Waals surface area contributed by atoms with Gasteiger partial charge in [-0.15, -0.1) is 0 Å². The van der Waals surface area contributed by atoms with Crippen LogP contribution < -0.4 is 10.0 Å². The molecule has 23 heavy (non-hydrogen) atoms. The van der Waals surface area contributed by atoms with E-state index >= 15 is 0 Å². The Morgan fingerprint density at radius 1 is 1.00 bits per heavy atom. The molecule has 2 fully saturated rings. The minimum atomic E-state index is -3.44. The highest BCUT2D eigenvalue weighted by atomic mass is 32.2. The zero-order valence-corrected chi connectivity index (χ0v) is 13.9. The second kappa shape index (κ2) is 6.88. The number of sulfonamides is 1. The van der Waals surface area contributed by atoms with Crippen LogP contribution in [0.4, 0.5) is 10.5 Å². The van der Waals surface area contributed by atoms with Crippen molar-refractivity contribution in [3.63, 3.8) is 0 Å². The molecule has 1 aromatic rings. The van der Waals surface area contributed by atoms with Gasteiger partial charge in [0, 0.05) is 24.8 Å². The number of anilines is 1. The molecule has 126 valence electrons. The molecule has 6 nitrogen and oxygen atoms in total. The number of carbonyl (C=O) groups is 1. The number of amides is 2. The molecule has 1 heterocycles. The van der Waals surface area contributed by atoms with Gasteiger partial charge in [0.25, 0.3) is 0 Å². The van der Waals surface area contributed by atoms with Gasteiger partial charge in [0.05, 0.1) is 4.90 Å². The average molecular weight is 337 g/mol. The third kappa shape index (κ3) is 4.45. The fourth-order valence-corrected chi connectivity index (χ4v) is 3.99. The van der Waals surface area contributed by atoms with Crippen molar-refractivity contribution < 1.29 is 13.2 Å². The maximum Gasteiger partial charge on any atom is 0.321 e. The third-order valence-corrected chi connectivity index (χ3v) is 5.74. The van der Waals surface area contributed by atoms with Gasteiger partial charge in [0.2, 0.25) is 10.0 Å². The molecule has 0 bridgehead atoms. The monoisotopic (exact) mass is 337 g/mol. The fourth-order valence-electron chi connectivity index (χ4n) is 2.68. The van der Waals surface area contributed by atoms with Crippen molar-refractivity contribution >= 4 is 21.7 Å². The van der Waals surface area contributed by atoms with Crippen molar-refractivity contribution in [2.45, 2.75) is 49.5 Å². The molecule has 2 N–H and O–H groups in total. The van der Waals surface area contributed by atoms with Crippen LogP contribution in [0.15, 0.2) is 29.2 Å². The van der Waals surface area contributed by atoms with Gasteiger partial charge in [-0.2, -0.15) is 0 Å². The van der Waals surface area contributed by atoms with Gasteiger partial charge >= 0.3 is 6.03 Å².